The van der Waals surface area contributed by atoms with Crippen molar-refractivity contribution in [2.75, 3.05) is 42.9 Å². The number of unbranched alkanes of at least 4 members (excludes halogenated alkanes) is 1. The van der Waals surface area contributed by atoms with E-state index in [0.29, 0.717) is 10.0 Å². The van der Waals surface area contributed by atoms with Crippen molar-refractivity contribution in [3.05, 3.63) is 58.1 Å². The molecule has 1 atom stereocenters. The fraction of sp³-hybridized carbons (Fsp3) is 0.409. The van der Waals surface area contributed by atoms with Crippen LogP contribution in [0.2, 0.25) is 10.0 Å². The van der Waals surface area contributed by atoms with Gasteiger partial charge in [0.15, 0.2) is 0 Å². The minimum absolute atomic E-state index is 0.0164. The highest BCUT2D eigenvalue weighted by atomic mass is 35.5. The Morgan fingerprint density at radius 1 is 0.964 bits per heavy atom. The quantitative estimate of drug-likeness (QED) is 0.669. The van der Waals surface area contributed by atoms with Crippen LogP contribution in [0.5, 0.6) is 0 Å². The van der Waals surface area contributed by atoms with Gasteiger partial charge in [0.05, 0.1) is 16.0 Å². The summed E-state index contributed by atoms with van der Waals surface area (Å²) in [6, 6.07) is 13.9. The van der Waals surface area contributed by atoms with Gasteiger partial charge in [-0.25, -0.2) is 0 Å². The van der Waals surface area contributed by atoms with Crippen LogP contribution < -0.4 is 10.2 Å². The molecular formula is C22H25Cl2N3O. The summed E-state index contributed by atoms with van der Waals surface area (Å²) in [5, 5.41) is 4.20. The second kappa shape index (κ2) is 8.73. The molecule has 0 bridgehead atoms. The molecule has 1 saturated heterocycles. The normalized spacial score (nSPS) is 19.6. The standard InChI is InChI=1S/C22H25Cl2N3O/c23-19-9-8-16(15-20(19)24)27-13-11-26(12-14-27)10-4-3-6-18-17-5-1-2-7-21(17)25-22(18)28/h1-2,5,7-9,15,18H,3-4,6,10-14H2,(H,25,28). The lowest BCUT2D eigenvalue weighted by Crippen LogP contribution is -2.46. The fourth-order valence-corrected chi connectivity index (χ4v) is 4.45. The zero-order valence-corrected chi connectivity index (χ0v) is 17.3. The summed E-state index contributed by atoms with van der Waals surface area (Å²) in [7, 11) is 0. The molecule has 0 aliphatic carbocycles. The van der Waals surface area contributed by atoms with Gasteiger partial charge in [0.2, 0.25) is 5.91 Å². The van der Waals surface area contributed by atoms with Crippen molar-refractivity contribution in [1.29, 1.82) is 0 Å². The first-order valence-corrected chi connectivity index (χ1v) is 10.7. The van der Waals surface area contributed by atoms with Crippen LogP contribution >= 0.6 is 23.2 Å². The van der Waals surface area contributed by atoms with Gasteiger partial charge in [0.1, 0.15) is 0 Å². The van der Waals surface area contributed by atoms with Gasteiger partial charge in [-0.3, -0.25) is 9.69 Å². The number of fused-ring (bicyclic) bond motifs is 1. The first-order valence-electron chi connectivity index (χ1n) is 9.94. The third-order valence-corrected chi connectivity index (χ3v) is 6.51. The molecule has 0 aromatic heterocycles. The maximum Gasteiger partial charge on any atom is 0.232 e. The lowest BCUT2D eigenvalue weighted by atomic mass is 9.95. The van der Waals surface area contributed by atoms with Crippen LogP contribution in [-0.2, 0) is 4.79 Å². The van der Waals surface area contributed by atoms with Crippen LogP contribution in [-0.4, -0.2) is 43.5 Å². The first kappa shape index (κ1) is 19.6. The number of carbonyl (C=O) groups excluding carboxylic acids is 1. The molecule has 1 N–H and O–H groups in total. The van der Waals surface area contributed by atoms with Crippen molar-refractivity contribution >= 4 is 40.5 Å². The number of nitrogens with one attached hydrogen (secondary N) is 1. The number of halogens is 2. The van der Waals surface area contributed by atoms with E-state index < -0.39 is 0 Å². The van der Waals surface area contributed by atoms with E-state index in [4.69, 9.17) is 23.2 Å². The van der Waals surface area contributed by atoms with E-state index in [-0.39, 0.29) is 11.8 Å². The van der Waals surface area contributed by atoms with Gasteiger partial charge in [-0.05, 0) is 49.2 Å². The number of nitrogens with zero attached hydrogens (tertiary/aromatic N) is 2. The Morgan fingerprint density at radius 2 is 1.75 bits per heavy atom. The average Bonchev–Trinajstić information content (AvgIpc) is 3.03. The topological polar surface area (TPSA) is 35.6 Å². The molecule has 4 rings (SSSR count). The molecule has 28 heavy (non-hydrogen) atoms. The Kier molecular flexibility index (Phi) is 6.10. The molecule has 0 radical (unpaired) electrons. The van der Waals surface area contributed by atoms with Crippen molar-refractivity contribution in [1.82, 2.24) is 4.90 Å². The lowest BCUT2D eigenvalue weighted by molar-refractivity contribution is -0.117. The molecular weight excluding hydrogens is 393 g/mol. The zero-order valence-electron chi connectivity index (χ0n) is 15.8. The first-order chi connectivity index (χ1) is 13.6. The van der Waals surface area contributed by atoms with Crippen LogP contribution in [0, 0.1) is 0 Å². The number of hydrogen-bond donors (Lipinski definition) is 1. The summed E-state index contributed by atoms with van der Waals surface area (Å²) in [5.41, 5.74) is 3.28. The highest BCUT2D eigenvalue weighted by molar-refractivity contribution is 6.42. The minimum Gasteiger partial charge on any atom is -0.369 e. The Labute approximate surface area is 176 Å². The van der Waals surface area contributed by atoms with Crippen LogP contribution in [0.3, 0.4) is 0 Å². The number of hydrogen-bond acceptors (Lipinski definition) is 3. The average molecular weight is 418 g/mol. The maximum absolute atomic E-state index is 12.2. The molecule has 1 unspecified atom stereocenters. The summed E-state index contributed by atoms with van der Waals surface area (Å²) in [6.07, 6.45) is 3.12. The third-order valence-electron chi connectivity index (χ3n) is 5.77. The molecule has 2 heterocycles. The van der Waals surface area contributed by atoms with Crippen LogP contribution in [0.15, 0.2) is 42.5 Å². The second-order valence-electron chi connectivity index (χ2n) is 7.55. The largest absolute Gasteiger partial charge is 0.369 e. The van der Waals surface area contributed by atoms with E-state index in [1.807, 2.05) is 36.4 Å². The number of anilines is 2. The van der Waals surface area contributed by atoms with Crippen molar-refractivity contribution in [2.24, 2.45) is 0 Å². The van der Waals surface area contributed by atoms with Gasteiger partial charge < -0.3 is 10.2 Å². The molecule has 0 spiro atoms. The molecule has 1 fully saturated rings. The summed E-state index contributed by atoms with van der Waals surface area (Å²) in [5.74, 6) is 0.166. The molecule has 2 aliphatic rings. The van der Waals surface area contributed by atoms with Gasteiger partial charge in [-0.2, -0.15) is 0 Å². The van der Waals surface area contributed by atoms with E-state index >= 15 is 0 Å². The van der Waals surface area contributed by atoms with Crippen LogP contribution in [0.4, 0.5) is 11.4 Å². The fourth-order valence-electron chi connectivity index (χ4n) is 4.16. The Hall–Kier alpha value is -1.75. The molecule has 4 nitrogen and oxygen atoms in total. The molecule has 2 aromatic carbocycles. The minimum atomic E-state index is 0.0164. The van der Waals surface area contributed by atoms with Crippen molar-refractivity contribution < 1.29 is 4.79 Å². The van der Waals surface area contributed by atoms with E-state index in [0.717, 1.165) is 68.9 Å². The predicted molar refractivity (Wildman–Crippen MR) is 117 cm³/mol. The number of amides is 1. The van der Waals surface area contributed by atoms with Gasteiger partial charge in [0.25, 0.3) is 0 Å². The van der Waals surface area contributed by atoms with Gasteiger partial charge in [-0.1, -0.05) is 47.8 Å². The summed E-state index contributed by atoms with van der Waals surface area (Å²) in [4.78, 5) is 17.1. The van der Waals surface area contributed by atoms with Crippen molar-refractivity contribution in [2.45, 2.75) is 25.2 Å². The number of para-hydroxylation sites is 1. The SMILES string of the molecule is O=C1Nc2ccccc2C1CCCCN1CCN(c2ccc(Cl)c(Cl)c2)CC1. The van der Waals surface area contributed by atoms with E-state index in [2.05, 4.69) is 21.2 Å². The molecule has 1 amide bonds. The lowest BCUT2D eigenvalue weighted by Gasteiger charge is -2.36. The van der Waals surface area contributed by atoms with Gasteiger partial charge in [-0.15, -0.1) is 0 Å². The molecule has 6 heteroatoms. The van der Waals surface area contributed by atoms with Gasteiger partial charge >= 0.3 is 0 Å². The molecule has 0 saturated carbocycles. The van der Waals surface area contributed by atoms with Crippen molar-refractivity contribution in [3.8, 4) is 0 Å². The maximum atomic E-state index is 12.2. The Morgan fingerprint density at radius 3 is 2.54 bits per heavy atom. The summed E-state index contributed by atoms with van der Waals surface area (Å²) < 4.78 is 0. The highest BCUT2D eigenvalue weighted by Crippen LogP contribution is 2.35. The number of carbonyl (C=O) groups is 1. The highest BCUT2D eigenvalue weighted by Gasteiger charge is 2.29. The monoisotopic (exact) mass is 417 g/mol. The Balaban J connectivity index is 1.20. The molecule has 2 aromatic rings. The van der Waals surface area contributed by atoms with E-state index in [9.17, 15) is 4.79 Å². The van der Waals surface area contributed by atoms with E-state index in [1.165, 1.54) is 0 Å². The Bertz CT molecular complexity index is 849. The smallest absolute Gasteiger partial charge is 0.232 e. The third kappa shape index (κ3) is 4.29. The second-order valence-corrected chi connectivity index (χ2v) is 8.37. The van der Waals surface area contributed by atoms with Crippen molar-refractivity contribution in [3.63, 3.8) is 0 Å². The molecule has 2 aliphatic heterocycles. The predicted octanol–water partition coefficient (Wildman–Crippen LogP) is 5.02. The number of piperazine rings is 1. The zero-order chi connectivity index (χ0) is 19.5. The van der Waals surface area contributed by atoms with Gasteiger partial charge in [0, 0.05) is 37.6 Å². The summed E-state index contributed by atoms with van der Waals surface area (Å²) >= 11 is 12.2. The molecule has 148 valence electrons. The van der Waals surface area contributed by atoms with Crippen LogP contribution in [0.1, 0.15) is 30.7 Å². The summed E-state index contributed by atoms with van der Waals surface area (Å²) in [6.45, 7) is 5.18. The van der Waals surface area contributed by atoms with Crippen LogP contribution in [0.25, 0.3) is 0 Å². The number of benzene rings is 2. The number of rotatable bonds is 6. The van der Waals surface area contributed by atoms with E-state index in [1.54, 1.807) is 0 Å².